The number of benzene rings is 8. The summed E-state index contributed by atoms with van der Waals surface area (Å²) in [6, 6.07) is 51.4. The second-order valence-electron chi connectivity index (χ2n) is 34.6. The first-order valence-corrected chi connectivity index (χ1v) is 46.0. The number of likely N-dealkylation sites (tertiary alicyclic amines) is 4. The van der Waals surface area contributed by atoms with Gasteiger partial charge in [0.25, 0.3) is 23.6 Å². The molecule has 4 aliphatic heterocycles. The topological polar surface area (TPSA) is 374 Å². The average molecular weight is 1940 g/mol. The molecular weight excluding hydrogens is 1840 g/mol. The molecule has 33 heteroatoms. The van der Waals surface area contributed by atoms with Gasteiger partial charge in [-0.15, -0.1) is 0 Å². The number of aromatic nitrogens is 4. The van der Waals surface area contributed by atoms with Gasteiger partial charge in [-0.3, -0.25) is 38.4 Å². The van der Waals surface area contributed by atoms with Crippen LogP contribution < -0.4 is 44.2 Å². The number of hydrogen-bond acceptors (Lipinski definition) is 17. The molecule has 1 unspecified atom stereocenters. The molecule has 25 nitrogen and oxygen atoms in total. The molecule has 0 radical (unpaired) electrons. The standard InChI is InChI=1S/C26H26ClFN4O3.3C26H26ClFN4O2/c1-32-13-17(6-8-24(32)34)18-10-21(25(29)30-12-18)15-5-7-20(22(28)11-15)26(35)31-23(14-33)16-3-2-4-19(27)9-16;3*1-15(16-4-3-5-20(27)10-16)31-26(34)21-8-6-17(12-23(21)28)22-11-19(13-30-25(22)29)18-7-9-24(33)32(2)14-18/h2-5,7,9-12,17,23,33H,6,8,13-14H2,1H3,(H2,29,30)(H,31,35);3*3-6,8,10-13,15,18H,7,9,14H2,1-2H3,(H2,29,30)(H,31,34)/t17-,23-;15-,18?;15-,18+;15-,18-/m1111/s1. The Morgan fingerprint density at radius 1 is 0.350 bits per heavy atom. The number of amides is 8. The molecule has 4 saturated heterocycles. The van der Waals surface area contributed by atoms with Gasteiger partial charge >= 0.3 is 0 Å². The van der Waals surface area contributed by atoms with Crippen LogP contribution in [0.25, 0.3) is 44.5 Å². The number of nitrogens with zero attached hydrogens (tertiary/aromatic N) is 8. The number of aliphatic hydroxyl groups is 1. The van der Waals surface area contributed by atoms with Gasteiger partial charge in [0.2, 0.25) is 23.6 Å². The number of rotatable bonds is 21. The molecule has 0 aliphatic carbocycles. The lowest BCUT2D eigenvalue weighted by molar-refractivity contribution is -0.133. The van der Waals surface area contributed by atoms with Gasteiger partial charge in [-0.05, 0) is 235 Å². The van der Waals surface area contributed by atoms with Crippen molar-refractivity contribution in [2.75, 3.05) is 83.9 Å². The van der Waals surface area contributed by atoms with Crippen LogP contribution in [0.5, 0.6) is 0 Å². The zero-order chi connectivity index (χ0) is 98.3. The highest BCUT2D eigenvalue weighted by Crippen LogP contribution is 2.40. The van der Waals surface area contributed by atoms with E-state index in [-0.39, 0.29) is 118 Å². The summed E-state index contributed by atoms with van der Waals surface area (Å²) in [5.41, 5.74) is 35.3. The summed E-state index contributed by atoms with van der Waals surface area (Å²) < 4.78 is 60.0. The van der Waals surface area contributed by atoms with Crippen molar-refractivity contribution < 1.29 is 61.0 Å². The summed E-state index contributed by atoms with van der Waals surface area (Å²) in [5, 5.41) is 22.9. The molecule has 0 bridgehead atoms. The first-order chi connectivity index (χ1) is 65.4. The maximum atomic E-state index is 15.0. The van der Waals surface area contributed by atoms with Gasteiger partial charge in [0, 0.05) is 171 Å². The lowest BCUT2D eigenvalue weighted by Gasteiger charge is -2.30. The van der Waals surface area contributed by atoms with Crippen molar-refractivity contribution in [2.24, 2.45) is 0 Å². The van der Waals surface area contributed by atoms with E-state index in [2.05, 4.69) is 41.2 Å². The highest BCUT2D eigenvalue weighted by atomic mass is 35.5. The van der Waals surface area contributed by atoms with Crippen molar-refractivity contribution in [1.82, 2.24) is 60.8 Å². The van der Waals surface area contributed by atoms with Gasteiger partial charge in [0.05, 0.1) is 53.0 Å². The van der Waals surface area contributed by atoms with E-state index < -0.39 is 52.9 Å². The number of halogens is 8. The van der Waals surface area contributed by atoms with Crippen LogP contribution in [-0.2, 0) is 19.2 Å². The van der Waals surface area contributed by atoms with E-state index in [1.165, 1.54) is 48.5 Å². The van der Waals surface area contributed by atoms with E-state index >= 15 is 4.39 Å². The van der Waals surface area contributed by atoms with Crippen LogP contribution in [0.2, 0.25) is 20.1 Å². The van der Waals surface area contributed by atoms with E-state index in [1.807, 2.05) is 63.2 Å². The van der Waals surface area contributed by atoms with Crippen molar-refractivity contribution in [3.8, 4) is 44.5 Å². The molecule has 0 saturated carbocycles. The number of carbonyl (C=O) groups excluding carboxylic acids is 8. The van der Waals surface area contributed by atoms with Crippen LogP contribution in [0.4, 0.5) is 40.8 Å². The average Bonchev–Trinajstić information content (AvgIpc) is 0.805. The number of nitrogen functional groups attached to an aromatic ring is 4. The minimum Gasteiger partial charge on any atom is -0.394 e. The van der Waals surface area contributed by atoms with E-state index in [4.69, 9.17) is 69.3 Å². The van der Waals surface area contributed by atoms with Gasteiger partial charge in [0.1, 0.15) is 46.5 Å². The Morgan fingerprint density at radius 2 is 0.577 bits per heavy atom. The lowest BCUT2D eigenvalue weighted by atomic mass is 9.90. The van der Waals surface area contributed by atoms with Crippen LogP contribution in [0.15, 0.2) is 219 Å². The number of likely N-dealkylation sites (N-methyl/N-ethyl adjacent to an activating group) is 4. The molecule has 137 heavy (non-hydrogen) atoms. The van der Waals surface area contributed by atoms with E-state index in [1.54, 1.807) is 176 Å². The predicted octanol–water partition coefficient (Wildman–Crippen LogP) is 18.8. The van der Waals surface area contributed by atoms with Crippen molar-refractivity contribution in [2.45, 2.75) is 120 Å². The number of piperidine rings is 4. The Labute approximate surface area is 811 Å². The third-order valence-corrected chi connectivity index (χ3v) is 26.0. The zero-order valence-electron chi connectivity index (χ0n) is 76.2. The Balaban J connectivity index is 0.000000154. The molecule has 16 rings (SSSR count). The highest BCUT2D eigenvalue weighted by molar-refractivity contribution is 6.31. The first-order valence-electron chi connectivity index (χ1n) is 44.5. The molecule has 710 valence electrons. The molecule has 8 amide bonds. The molecule has 12 aromatic rings. The van der Waals surface area contributed by atoms with Crippen LogP contribution >= 0.6 is 46.4 Å². The largest absolute Gasteiger partial charge is 0.394 e. The van der Waals surface area contributed by atoms with Crippen LogP contribution in [0.1, 0.15) is 206 Å². The summed E-state index contributed by atoms with van der Waals surface area (Å²) in [6.45, 7) is 7.43. The van der Waals surface area contributed by atoms with Crippen molar-refractivity contribution >= 4 is 117 Å². The van der Waals surface area contributed by atoms with Gasteiger partial charge in [-0.2, -0.15) is 0 Å². The molecule has 0 spiro atoms. The van der Waals surface area contributed by atoms with E-state index in [0.717, 1.165) is 58.2 Å². The Hall–Kier alpha value is -13.8. The molecule has 8 heterocycles. The third-order valence-electron chi connectivity index (χ3n) is 25.1. The Bertz CT molecular complexity index is 6100. The zero-order valence-corrected chi connectivity index (χ0v) is 79.2. The van der Waals surface area contributed by atoms with Crippen molar-refractivity contribution in [1.29, 1.82) is 0 Å². The van der Waals surface area contributed by atoms with Gasteiger partial charge < -0.3 is 68.9 Å². The van der Waals surface area contributed by atoms with E-state index in [9.17, 15) is 56.6 Å². The minimum atomic E-state index is -0.739. The number of anilines is 4. The third kappa shape index (κ3) is 25.3. The molecule has 4 aromatic heterocycles. The molecule has 8 atom stereocenters. The Morgan fingerprint density at radius 3 is 0.796 bits per heavy atom. The van der Waals surface area contributed by atoms with E-state index in [0.29, 0.717) is 128 Å². The van der Waals surface area contributed by atoms with Crippen LogP contribution in [-0.4, -0.2) is 153 Å². The Kier molecular flexibility index (Phi) is 33.2. The molecule has 8 aromatic carbocycles. The summed E-state index contributed by atoms with van der Waals surface area (Å²) in [6.07, 6.45) is 11.6. The molecule has 13 N–H and O–H groups in total. The van der Waals surface area contributed by atoms with Crippen LogP contribution in [0.3, 0.4) is 0 Å². The number of carbonyl (C=O) groups is 8. The summed E-state index contributed by atoms with van der Waals surface area (Å²) in [7, 11) is 7.12. The number of aliphatic hydroxyl groups excluding tert-OH is 1. The molecule has 4 fully saturated rings. The summed E-state index contributed by atoms with van der Waals surface area (Å²) in [5.74, 6) is -2.84. The highest BCUT2D eigenvalue weighted by Gasteiger charge is 2.32. The number of nitrogens with two attached hydrogens (primary N) is 4. The van der Waals surface area contributed by atoms with Crippen molar-refractivity contribution in [3.63, 3.8) is 0 Å². The number of pyridine rings is 4. The van der Waals surface area contributed by atoms with Gasteiger partial charge in [0.15, 0.2) is 0 Å². The smallest absolute Gasteiger partial charge is 0.254 e. The fraction of sp³-hybridized carbons (Fsp3) is 0.269. The monoisotopic (exact) mass is 1940 g/mol. The van der Waals surface area contributed by atoms with Gasteiger partial charge in [-0.25, -0.2) is 37.5 Å². The molecular formula is C104H104Cl4F4N16O9. The predicted molar refractivity (Wildman–Crippen MR) is 525 cm³/mol. The lowest BCUT2D eigenvalue weighted by Crippen LogP contribution is -2.35. The molecule has 4 aliphatic rings. The summed E-state index contributed by atoms with van der Waals surface area (Å²) in [4.78, 5) is 122. The SMILES string of the molecule is CN1C[C@H](c2cnc(N)c(-c3ccc(C(=O)N[C@H](CO)c4cccc(Cl)c4)c(F)c3)c2)CCC1=O.C[C@@H](NC(=O)c1ccc(-c2cc(C3CCC(=O)N(C)C3)cnc2N)cc1F)c1cccc(Cl)c1.C[C@@H](NC(=O)c1ccc(-c2cc([C@@H]3CCC(=O)N(C)C3)cnc2N)cc1F)c1cccc(Cl)c1.C[C@@H](NC(=O)c1ccc(-c2cc([C@H]3CCC(=O)N(C)C3)cnc2N)cc1F)c1cccc(Cl)c1. The fourth-order valence-electron chi connectivity index (χ4n) is 17.0. The summed E-state index contributed by atoms with van der Waals surface area (Å²) >= 11 is 24.1. The first kappa shape index (κ1) is 101. The maximum Gasteiger partial charge on any atom is 0.254 e. The minimum absolute atomic E-state index is 0.0623. The van der Waals surface area contributed by atoms with Gasteiger partial charge in [-0.1, -0.05) is 119 Å². The fourth-order valence-corrected chi connectivity index (χ4v) is 17.8. The van der Waals surface area contributed by atoms with Crippen LogP contribution in [0, 0.1) is 23.3 Å². The second-order valence-corrected chi connectivity index (χ2v) is 36.4. The van der Waals surface area contributed by atoms with Crippen molar-refractivity contribution in [3.05, 3.63) is 329 Å². The number of nitrogens with one attached hydrogen (secondary N) is 4. The quantitative estimate of drug-likeness (QED) is 0.0302. The number of hydrogen-bond donors (Lipinski definition) is 9. The second kappa shape index (κ2) is 45.2. The normalized spacial score (nSPS) is 16.8. The maximum absolute atomic E-state index is 15.0.